The SMILES string of the molecule is C.O=C([C@@H]1CCCCN1)N1CCCCC1.O=C([C@@H]1CCCCN1C(=O)OCc1ccccc1)N1CCCCC1.[HH]. The molecule has 220 valence electrons. The van der Waals surface area contributed by atoms with Gasteiger partial charge in [-0.05, 0) is 82.7 Å². The first-order valence-corrected chi connectivity index (χ1v) is 14.9. The van der Waals surface area contributed by atoms with E-state index in [1.165, 1.54) is 38.5 Å². The number of rotatable bonds is 4. The number of hydrogen-bond acceptors (Lipinski definition) is 5. The Morgan fingerprint density at radius 3 is 1.95 bits per heavy atom. The lowest BCUT2D eigenvalue weighted by atomic mass is 10.00. The van der Waals surface area contributed by atoms with Gasteiger partial charge in [0.2, 0.25) is 11.8 Å². The fraction of sp³-hybridized carbons (Fsp3) is 0.710. The van der Waals surface area contributed by atoms with Crippen molar-refractivity contribution >= 4 is 17.9 Å². The van der Waals surface area contributed by atoms with E-state index in [-0.39, 0.29) is 39.5 Å². The molecule has 0 spiro atoms. The Bertz CT molecular complexity index is 865. The fourth-order valence-electron chi connectivity index (χ4n) is 5.93. The van der Waals surface area contributed by atoms with Crippen molar-refractivity contribution in [3.8, 4) is 0 Å². The van der Waals surface area contributed by atoms with Gasteiger partial charge in [0, 0.05) is 34.2 Å². The number of benzene rings is 1. The van der Waals surface area contributed by atoms with Gasteiger partial charge in [0.15, 0.2) is 0 Å². The van der Waals surface area contributed by atoms with Crippen LogP contribution in [0.1, 0.15) is 91.5 Å². The molecule has 0 unspecified atom stereocenters. The summed E-state index contributed by atoms with van der Waals surface area (Å²) in [7, 11) is 0. The Kier molecular flexibility index (Phi) is 13.1. The van der Waals surface area contributed by atoms with Crippen LogP contribution in [-0.4, -0.2) is 84.0 Å². The number of carbonyl (C=O) groups excluding carboxylic acids is 3. The quantitative estimate of drug-likeness (QED) is 0.563. The van der Waals surface area contributed by atoms with Crippen molar-refractivity contribution in [1.82, 2.24) is 20.0 Å². The van der Waals surface area contributed by atoms with E-state index in [9.17, 15) is 14.4 Å². The summed E-state index contributed by atoms with van der Waals surface area (Å²) >= 11 is 0. The van der Waals surface area contributed by atoms with Gasteiger partial charge in [0.25, 0.3) is 0 Å². The molecular weight excluding hydrogens is 492 g/mol. The summed E-state index contributed by atoms with van der Waals surface area (Å²) in [5.41, 5.74) is 0.960. The van der Waals surface area contributed by atoms with Gasteiger partial charge in [-0.15, -0.1) is 0 Å². The fourth-order valence-corrected chi connectivity index (χ4v) is 5.93. The molecule has 0 aromatic heterocycles. The van der Waals surface area contributed by atoms with Crippen molar-refractivity contribution in [2.24, 2.45) is 0 Å². The summed E-state index contributed by atoms with van der Waals surface area (Å²) in [5.74, 6) is 0.454. The molecule has 0 radical (unpaired) electrons. The summed E-state index contributed by atoms with van der Waals surface area (Å²) in [6.45, 7) is 5.49. The minimum Gasteiger partial charge on any atom is -0.445 e. The number of nitrogens with zero attached hydrogens (tertiary/aromatic N) is 3. The van der Waals surface area contributed by atoms with E-state index in [2.05, 4.69) is 5.32 Å². The lowest BCUT2D eigenvalue weighted by Crippen LogP contribution is -2.54. The summed E-state index contributed by atoms with van der Waals surface area (Å²) in [5, 5.41) is 3.32. The highest BCUT2D eigenvalue weighted by Crippen LogP contribution is 2.22. The molecule has 4 heterocycles. The van der Waals surface area contributed by atoms with Gasteiger partial charge in [-0.3, -0.25) is 14.5 Å². The first kappa shape index (κ1) is 30.9. The third-order valence-corrected chi connectivity index (χ3v) is 8.17. The predicted octanol–water partition coefficient (Wildman–Crippen LogP) is 5.21. The van der Waals surface area contributed by atoms with Crippen molar-refractivity contribution in [3.05, 3.63) is 35.9 Å². The minimum atomic E-state index is -0.367. The van der Waals surface area contributed by atoms with Crippen LogP contribution in [0.2, 0.25) is 0 Å². The van der Waals surface area contributed by atoms with Crippen LogP contribution in [0.25, 0.3) is 0 Å². The largest absolute Gasteiger partial charge is 0.445 e. The molecule has 2 atom stereocenters. The zero-order chi connectivity index (χ0) is 26.6. The van der Waals surface area contributed by atoms with Crippen molar-refractivity contribution < 1.29 is 20.5 Å². The molecule has 8 heteroatoms. The number of ether oxygens (including phenoxy) is 1. The first-order valence-electron chi connectivity index (χ1n) is 14.9. The second-order valence-electron chi connectivity index (χ2n) is 11.0. The van der Waals surface area contributed by atoms with Crippen LogP contribution in [0.4, 0.5) is 4.79 Å². The van der Waals surface area contributed by atoms with Crippen molar-refractivity contribution in [3.63, 3.8) is 0 Å². The van der Waals surface area contributed by atoms with Gasteiger partial charge in [-0.25, -0.2) is 4.79 Å². The number of carbonyl (C=O) groups is 3. The number of amides is 3. The maximum absolute atomic E-state index is 12.8. The van der Waals surface area contributed by atoms with Crippen LogP contribution in [0, 0.1) is 0 Å². The third kappa shape index (κ3) is 9.23. The van der Waals surface area contributed by atoms with Crippen LogP contribution in [-0.2, 0) is 20.9 Å². The van der Waals surface area contributed by atoms with Crippen molar-refractivity contribution in [2.45, 2.75) is 103 Å². The maximum atomic E-state index is 12.8. The number of piperidine rings is 4. The second kappa shape index (κ2) is 16.5. The van der Waals surface area contributed by atoms with E-state index in [1.807, 2.05) is 40.1 Å². The number of hydrogen-bond donors (Lipinski definition) is 1. The molecule has 0 saturated carbocycles. The Morgan fingerprint density at radius 1 is 0.744 bits per heavy atom. The lowest BCUT2D eigenvalue weighted by Gasteiger charge is -2.38. The summed E-state index contributed by atoms with van der Waals surface area (Å²) in [6, 6.07) is 9.42. The Labute approximate surface area is 236 Å². The smallest absolute Gasteiger partial charge is 0.410 e. The van der Waals surface area contributed by atoms with E-state index >= 15 is 0 Å². The van der Waals surface area contributed by atoms with Crippen molar-refractivity contribution in [1.29, 1.82) is 0 Å². The van der Waals surface area contributed by atoms with Crippen LogP contribution in [0.5, 0.6) is 0 Å². The molecule has 4 aliphatic rings. The van der Waals surface area contributed by atoms with Gasteiger partial charge in [-0.2, -0.15) is 0 Å². The van der Waals surface area contributed by atoms with Crippen molar-refractivity contribution in [2.75, 3.05) is 39.3 Å². The monoisotopic (exact) mass is 544 g/mol. The molecule has 3 amide bonds. The highest BCUT2D eigenvalue weighted by molar-refractivity contribution is 5.86. The van der Waals surface area contributed by atoms with Gasteiger partial charge < -0.3 is 19.9 Å². The highest BCUT2D eigenvalue weighted by Gasteiger charge is 2.36. The standard InChI is InChI=1S/C19H26N2O3.C11H20N2O.CH4.H2/c22-18(20-12-6-2-7-13-20)17-11-5-8-14-21(17)19(23)24-15-16-9-3-1-4-10-16;14-11(10-6-2-3-7-12-10)13-8-4-1-5-9-13;;/h1,3-4,9-10,17H,2,5-8,11-15H2;10,12H,1-9H2;1H4;1H/t17-;10-;;/m00../s1. The second-order valence-corrected chi connectivity index (χ2v) is 11.0. The Hall–Kier alpha value is -2.61. The Balaban J connectivity index is 0.000000301. The molecular formula is C31H52N4O4. The Morgan fingerprint density at radius 2 is 1.33 bits per heavy atom. The first-order chi connectivity index (χ1) is 18.6. The maximum Gasteiger partial charge on any atom is 0.410 e. The molecule has 5 rings (SSSR count). The van der Waals surface area contributed by atoms with E-state index in [0.717, 1.165) is 76.8 Å². The molecule has 4 aliphatic heterocycles. The zero-order valence-electron chi connectivity index (χ0n) is 23.0. The van der Waals surface area contributed by atoms with Crippen LogP contribution in [0.15, 0.2) is 30.3 Å². The normalized spacial score (nSPS) is 23.5. The molecule has 4 saturated heterocycles. The van der Waals surface area contributed by atoms with E-state index in [0.29, 0.717) is 12.5 Å². The summed E-state index contributed by atoms with van der Waals surface area (Å²) in [6.07, 6.45) is 12.8. The molecule has 0 bridgehead atoms. The van der Waals surface area contributed by atoms with Gasteiger partial charge in [0.1, 0.15) is 12.6 Å². The zero-order valence-corrected chi connectivity index (χ0v) is 23.0. The van der Waals surface area contributed by atoms with E-state index < -0.39 is 0 Å². The van der Waals surface area contributed by atoms with Gasteiger partial charge in [-0.1, -0.05) is 44.2 Å². The van der Waals surface area contributed by atoms with Crippen LogP contribution in [0.3, 0.4) is 0 Å². The molecule has 0 aliphatic carbocycles. The van der Waals surface area contributed by atoms with Crippen LogP contribution < -0.4 is 5.32 Å². The third-order valence-electron chi connectivity index (χ3n) is 8.17. The molecule has 4 fully saturated rings. The highest BCUT2D eigenvalue weighted by atomic mass is 16.6. The van der Waals surface area contributed by atoms with E-state index in [1.54, 1.807) is 4.90 Å². The molecule has 1 N–H and O–H groups in total. The molecule has 1 aromatic rings. The van der Waals surface area contributed by atoms with Gasteiger partial charge in [0.05, 0.1) is 6.04 Å². The minimum absolute atomic E-state index is 0. The molecule has 1 aromatic carbocycles. The average molecular weight is 545 g/mol. The topological polar surface area (TPSA) is 82.2 Å². The lowest BCUT2D eigenvalue weighted by molar-refractivity contribution is -0.138. The predicted molar refractivity (Wildman–Crippen MR) is 156 cm³/mol. The average Bonchev–Trinajstić information content (AvgIpc) is 3.01. The summed E-state index contributed by atoms with van der Waals surface area (Å²) in [4.78, 5) is 43.0. The van der Waals surface area contributed by atoms with Gasteiger partial charge >= 0.3 is 6.09 Å². The summed E-state index contributed by atoms with van der Waals surface area (Å²) < 4.78 is 5.45. The number of likely N-dealkylation sites (tertiary alicyclic amines) is 3. The van der Waals surface area contributed by atoms with Crippen LogP contribution >= 0.6 is 0 Å². The number of nitrogens with one attached hydrogen (secondary N) is 1. The molecule has 8 nitrogen and oxygen atoms in total. The molecule has 39 heavy (non-hydrogen) atoms. The van der Waals surface area contributed by atoms with E-state index in [4.69, 9.17) is 4.74 Å².